The third-order valence-corrected chi connectivity index (χ3v) is 8.63. The van der Waals surface area contributed by atoms with E-state index in [1.165, 1.54) is 0 Å². The van der Waals surface area contributed by atoms with Crippen molar-refractivity contribution >= 4 is 32.7 Å². The van der Waals surface area contributed by atoms with Crippen LogP contribution in [0.4, 0.5) is 5.82 Å². The van der Waals surface area contributed by atoms with Crippen molar-refractivity contribution in [3.05, 3.63) is 30.3 Å². The van der Waals surface area contributed by atoms with Gasteiger partial charge in [-0.1, -0.05) is 20.3 Å². The van der Waals surface area contributed by atoms with Crippen molar-refractivity contribution < 1.29 is 13.2 Å². The Bertz CT molecular complexity index is 1080. The molecule has 2 aromatic rings. The molecule has 1 aromatic heterocycles. The number of nitrogens with zero attached hydrogens (tertiary/aromatic N) is 3. The summed E-state index contributed by atoms with van der Waals surface area (Å²) in [6, 6.07) is 9.09. The van der Waals surface area contributed by atoms with Crippen LogP contribution in [0.5, 0.6) is 0 Å². The highest BCUT2D eigenvalue weighted by Crippen LogP contribution is 2.27. The molecule has 1 aromatic carbocycles. The Morgan fingerprint density at radius 1 is 1.09 bits per heavy atom. The highest BCUT2D eigenvalue weighted by atomic mass is 32.2. The van der Waals surface area contributed by atoms with Crippen LogP contribution in [-0.2, 0) is 14.8 Å². The summed E-state index contributed by atoms with van der Waals surface area (Å²) >= 11 is 0. The van der Waals surface area contributed by atoms with Crippen LogP contribution < -0.4 is 10.2 Å². The number of fused-ring (bicyclic) bond motifs is 1. The van der Waals surface area contributed by atoms with E-state index in [0.29, 0.717) is 30.4 Å². The smallest absolute Gasteiger partial charge is 0.243 e. The molecular weight excluding hydrogens is 436 g/mol. The van der Waals surface area contributed by atoms with Crippen LogP contribution in [0, 0.1) is 11.8 Å². The molecule has 1 atom stereocenters. The molecule has 2 saturated heterocycles. The van der Waals surface area contributed by atoms with E-state index in [-0.39, 0.29) is 11.8 Å². The second-order valence-electron chi connectivity index (χ2n) is 9.75. The molecule has 4 rings (SSSR count). The summed E-state index contributed by atoms with van der Waals surface area (Å²) in [5.74, 6) is 1.52. The topological polar surface area (TPSA) is 82.6 Å². The Morgan fingerprint density at radius 2 is 1.88 bits per heavy atom. The third-order valence-electron chi connectivity index (χ3n) is 6.74. The molecule has 0 unspecified atom stereocenters. The van der Waals surface area contributed by atoms with Crippen LogP contribution in [0.2, 0.25) is 0 Å². The van der Waals surface area contributed by atoms with Crippen LogP contribution in [0.1, 0.15) is 52.4 Å². The lowest BCUT2D eigenvalue weighted by Crippen LogP contribution is -2.43. The molecule has 0 saturated carbocycles. The van der Waals surface area contributed by atoms with Crippen molar-refractivity contribution in [2.45, 2.75) is 57.3 Å². The van der Waals surface area contributed by atoms with E-state index < -0.39 is 10.0 Å². The summed E-state index contributed by atoms with van der Waals surface area (Å²) in [5, 5.41) is 3.90. The molecule has 7 nitrogen and oxygen atoms in total. The molecule has 1 amide bonds. The lowest BCUT2D eigenvalue weighted by atomic mass is 9.97. The number of nitrogens with one attached hydrogen (secondary N) is 1. The Balaban J connectivity index is 1.46. The van der Waals surface area contributed by atoms with Crippen molar-refractivity contribution in [3.63, 3.8) is 0 Å². The first-order chi connectivity index (χ1) is 15.8. The number of carbonyl (C=O) groups is 1. The predicted molar refractivity (Wildman–Crippen MR) is 132 cm³/mol. The molecule has 1 N–H and O–H groups in total. The molecule has 0 radical (unpaired) electrons. The first-order valence-electron chi connectivity index (χ1n) is 12.3. The zero-order chi connectivity index (χ0) is 23.4. The van der Waals surface area contributed by atoms with Gasteiger partial charge in [0.1, 0.15) is 5.82 Å². The summed E-state index contributed by atoms with van der Waals surface area (Å²) in [6.07, 6.45) is 5.77. The lowest BCUT2D eigenvalue weighted by molar-refractivity contribution is -0.125. The highest BCUT2D eigenvalue weighted by molar-refractivity contribution is 7.89. The van der Waals surface area contributed by atoms with Crippen LogP contribution in [0.15, 0.2) is 35.2 Å². The minimum Gasteiger partial charge on any atom is -0.356 e. The maximum atomic E-state index is 13.0. The van der Waals surface area contributed by atoms with Crippen LogP contribution in [0.25, 0.3) is 10.9 Å². The number of benzene rings is 1. The Labute approximate surface area is 197 Å². The molecule has 0 aliphatic carbocycles. The van der Waals surface area contributed by atoms with E-state index >= 15 is 0 Å². The van der Waals surface area contributed by atoms with Gasteiger partial charge in [0, 0.05) is 38.1 Å². The van der Waals surface area contributed by atoms with Crippen LogP contribution in [0.3, 0.4) is 0 Å². The highest BCUT2D eigenvalue weighted by Gasteiger charge is 2.28. The number of piperidine rings is 2. The van der Waals surface area contributed by atoms with Crippen molar-refractivity contribution in [3.8, 4) is 0 Å². The maximum absolute atomic E-state index is 13.0. The number of anilines is 1. The van der Waals surface area contributed by atoms with E-state index in [4.69, 9.17) is 4.98 Å². The molecular formula is C25H36N4O3S. The van der Waals surface area contributed by atoms with Gasteiger partial charge in [-0.25, -0.2) is 13.4 Å². The average molecular weight is 473 g/mol. The fraction of sp³-hybridized carbons (Fsp3) is 0.600. The molecule has 0 bridgehead atoms. The summed E-state index contributed by atoms with van der Waals surface area (Å²) < 4.78 is 27.6. The molecule has 2 aliphatic rings. The molecule has 0 spiro atoms. The fourth-order valence-electron chi connectivity index (χ4n) is 4.71. The van der Waals surface area contributed by atoms with Gasteiger partial charge in [0.15, 0.2) is 0 Å². The van der Waals surface area contributed by atoms with Crippen molar-refractivity contribution in [2.24, 2.45) is 11.8 Å². The molecule has 180 valence electrons. The second-order valence-corrected chi connectivity index (χ2v) is 11.7. The first-order valence-corrected chi connectivity index (χ1v) is 13.7. The summed E-state index contributed by atoms with van der Waals surface area (Å²) in [7, 11) is -3.46. The van der Waals surface area contributed by atoms with E-state index in [0.717, 1.165) is 68.3 Å². The van der Waals surface area contributed by atoms with Gasteiger partial charge in [-0.2, -0.15) is 4.31 Å². The minimum atomic E-state index is -3.46. The molecule has 3 heterocycles. The number of pyridine rings is 1. The van der Waals surface area contributed by atoms with Crippen molar-refractivity contribution in [1.82, 2.24) is 14.6 Å². The molecule has 8 heteroatoms. The van der Waals surface area contributed by atoms with Crippen molar-refractivity contribution in [1.29, 1.82) is 0 Å². The summed E-state index contributed by atoms with van der Waals surface area (Å²) in [5.41, 5.74) is 0.772. The second kappa shape index (κ2) is 10.4. The normalized spacial score (nSPS) is 20.3. The van der Waals surface area contributed by atoms with Gasteiger partial charge in [0.05, 0.1) is 16.3 Å². The Kier molecular flexibility index (Phi) is 7.54. The number of sulfonamides is 1. The minimum absolute atomic E-state index is 0.0273. The van der Waals surface area contributed by atoms with Gasteiger partial charge in [-0.05, 0) is 68.4 Å². The quantitative estimate of drug-likeness (QED) is 0.663. The van der Waals surface area contributed by atoms with E-state index in [1.54, 1.807) is 22.5 Å². The van der Waals surface area contributed by atoms with E-state index in [9.17, 15) is 13.2 Å². The number of carbonyl (C=O) groups excluding carboxylic acids is 1. The first kappa shape index (κ1) is 24.0. The van der Waals surface area contributed by atoms with Gasteiger partial charge >= 0.3 is 0 Å². The summed E-state index contributed by atoms with van der Waals surface area (Å²) in [6.45, 7) is 7.77. The number of hydrogen-bond donors (Lipinski definition) is 1. The zero-order valence-corrected chi connectivity index (χ0v) is 20.6. The standard InChI is InChI=1S/C25H36N4O3S/c1-19(2)12-13-26-25(30)21-7-6-14-28(18-21)24-11-8-20-17-22(9-10-23(20)27-24)33(31,32)29-15-4-3-5-16-29/h8-11,17,19,21H,3-7,12-16,18H2,1-2H3,(H,26,30)/t21-/m0/s1. The fourth-order valence-corrected chi connectivity index (χ4v) is 6.26. The number of aromatic nitrogens is 1. The van der Waals surface area contributed by atoms with Crippen LogP contribution >= 0.6 is 0 Å². The number of amides is 1. The van der Waals surface area contributed by atoms with E-state index in [1.807, 2.05) is 12.1 Å². The third kappa shape index (κ3) is 5.66. The van der Waals surface area contributed by atoms with Gasteiger partial charge in [0.25, 0.3) is 0 Å². The van der Waals surface area contributed by atoms with E-state index in [2.05, 4.69) is 24.1 Å². The summed E-state index contributed by atoms with van der Waals surface area (Å²) in [4.78, 5) is 19.9. The Morgan fingerprint density at radius 3 is 2.64 bits per heavy atom. The SMILES string of the molecule is CC(C)CCNC(=O)[C@H]1CCCN(c2ccc3cc(S(=O)(=O)N4CCCCC4)ccc3n2)C1. The number of hydrogen-bond acceptors (Lipinski definition) is 5. The average Bonchev–Trinajstić information content (AvgIpc) is 2.83. The largest absolute Gasteiger partial charge is 0.356 e. The predicted octanol–water partition coefficient (Wildman–Crippen LogP) is 3.79. The van der Waals surface area contributed by atoms with Crippen LogP contribution in [-0.4, -0.2) is 56.3 Å². The lowest BCUT2D eigenvalue weighted by Gasteiger charge is -2.33. The molecule has 2 aliphatic heterocycles. The maximum Gasteiger partial charge on any atom is 0.243 e. The molecule has 2 fully saturated rings. The van der Waals surface area contributed by atoms with Gasteiger partial charge in [0.2, 0.25) is 15.9 Å². The van der Waals surface area contributed by atoms with Gasteiger partial charge < -0.3 is 10.2 Å². The number of rotatable bonds is 7. The van der Waals surface area contributed by atoms with Crippen molar-refractivity contribution in [2.75, 3.05) is 37.6 Å². The Hall–Kier alpha value is -2.19. The van der Waals surface area contributed by atoms with Gasteiger partial charge in [-0.15, -0.1) is 0 Å². The zero-order valence-electron chi connectivity index (χ0n) is 19.8. The monoisotopic (exact) mass is 472 g/mol. The van der Waals surface area contributed by atoms with Gasteiger partial charge in [-0.3, -0.25) is 4.79 Å². The molecule has 33 heavy (non-hydrogen) atoms.